The number of aryl methyl sites for hydroxylation is 1. The van der Waals surface area contributed by atoms with Crippen LogP contribution in [-0.4, -0.2) is 14.8 Å². The van der Waals surface area contributed by atoms with E-state index in [-0.39, 0.29) is 6.04 Å². The predicted molar refractivity (Wildman–Crippen MR) is 95.7 cm³/mol. The van der Waals surface area contributed by atoms with Crippen LogP contribution in [0.5, 0.6) is 0 Å². The van der Waals surface area contributed by atoms with Crippen LogP contribution in [0.4, 0.5) is 0 Å². The standard InChI is InChI=1S/C17H19ClN4S/c1-3-22-11-14(8-21-22)12(2)19-9-16-10-20-17(23-16)13-4-6-15(18)7-5-13/h4-8,10-12,19H,3,9H2,1-2H3. The van der Waals surface area contributed by atoms with Crippen molar-refractivity contribution in [2.24, 2.45) is 0 Å². The zero-order chi connectivity index (χ0) is 16.2. The van der Waals surface area contributed by atoms with Crippen LogP contribution >= 0.6 is 22.9 Å². The fourth-order valence-corrected chi connectivity index (χ4v) is 3.26. The number of hydrogen-bond donors (Lipinski definition) is 1. The lowest BCUT2D eigenvalue weighted by Gasteiger charge is -2.10. The molecular formula is C17H19ClN4S. The molecule has 0 aliphatic rings. The molecule has 0 amide bonds. The molecule has 6 heteroatoms. The number of halogens is 1. The first-order valence-corrected chi connectivity index (χ1v) is 8.81. The summed E-state index contributed by atoms with van der Waals surface area (Å²) in [5, 5.41) is 9.60. The molecule has 4 nitrogen and oxygen atoms in total. The first-order chi connectivity index (χ1) is 11.2. The molecule has 0 aliphatic heterocycles. The average Bonchev–Trinajstić information content (AvgIpc) is 3.22. The molecule has 0 bridgehead atoms. The van der Waals surface area contributed by atoms with Crippen molar-refractivity contribution in [2.75, 3.05) is 0 Å². The predicted octanol–water partition coefficient (Wildman–Crippen LogP) is 4.53. The summed E-state index contributed by atoms with van der Waals surface area (Å²) in [6, 6.07) is 8.05. The Balaban J connectivity index is 1.61. The number of nitrogens with zero attached hydrogens (tertiary/aromatic N) is 3. The quantitative estimate of drug-likeness (QED) is 0.713. The third-order valence-corrected chi connectivity index (χ3v) is 5.00. The van der Waals surface area contributed by atoms with Crippen LogP contribution in [0.2, 0.25) is 5.02 Å². The van der Waals surface area contributed by atoms with Gasteiger partial charge < -0.3 is 5.32 Å². The van der Waals surface area contributed by atoms with Crippen LogP contribution in [0, 0.1) is 0 Å². The Hall–Kier alpha value is -1.69. The van der Waals surface area contributed by atoms with Crippen LogP contribution < -0.4 is 5.32 Å². The summed E-state index contributed by atoms with van der Waals surface area (Å²) in [6.45, 7) is 5.93. The van der Waals surface area contributed by atoms with Crippen molar-refractivity contribution < 1.29 is 0 Å². The number of thiazole rings is 1. The summed E-state index contributed by atoms with van der Waals surface area (Å²) in [4.78, 5) is 5.72. The molecule has 0 aliphatic carbocycles. The van der Waals surface area contributed by atoms with Crippen molar-refractivity contribution in [2.45, 2.75) is 33.0 Å². The maximum atomic E-state index is 5.93. The first kappa shape index (κ1) is 16.2. The van der Waals surface area contributed by atoms with Crippen molar-refractivity contribution in [3.05, 3.63) is 58.3 Å². The molecule has 1 unspecified atom stereocenters. The van der Waals surface area contributed by atoms with Crippen LogP contribution in [0.1, 0.15) is 30.3 Å². The summed E-state index contributed by atoms with van der Waals surface area (Å²) in [5.74, 6) is 0. The van der Waals surface area contributed by atoms with Gasteiger partial charge in [0.1, 0.15) is 5.01 Å². The summed E-state index contributed by atoms with van der Waals surface area (Å²) in [6.07, 6.45) is 5.94. The van der Waals surface area contributed by atoms with Crippen molar-refractivity contribution >= 4 is 22.9 Å². The highest BCUT2D eigenvalue weighted by atomic mass is 35.5. The van der Waals surface area contributed by atoms with Crippen LogP contribution in [0.15, 0.2) is 42.9 Å². The Bertz CT molecular complexity index is 763. The molecule has 0 spiro atoms. The highest BCUT2D eigenvalue weighted by molar-refractivity contribution is 7.15. The normalized spacial score (nSPS) is 12.5. The highest BCUT2D eigenvalue weighted by Crippen LogP contribution is 2.26. The zero-order valence-corrected chi connectivity index (χ0v) is 14.7. The lowest BCUT2D eigenvalue weighted by atomic mass is 10.2. The Morgan fingerprint density at radius 1 is 1.26 bits per heavy atom. The van der Waals surface area contributed by atoms with Crippen molar-refractivity contribution in [3.8, 4) is 10.6 Å². The maximum Gasteiger partial charge on any atom is 0.123 e. The second-order valence-corrected chi connectivity index (χ2v) is 6.92. The van der Waals surface area contributed by atoms with E-state index >= 15 is 0 Å². The van der Waals surface area contributed by atoms with E-state index in [1.807, 2.05) is 41.3 Å². The second kappa shape index (κ2) is 7.25. The molecule has 1 aromatic carbocycles. The SMILES string of the molecule is CCn1cc(C(C)NCc2cnc(-c3ccc(Cl)cc3)s2)cn1. The summed E-state index contributed by atoms with van der Waals surface area (Å²) in [5.41, 5.74) is 2.30. The summed E-state index contributed by atoms with van der Waals surface area (Å²) >= 11 is 7.63. The van der Waals surface area contributed by atoms with Crippen LogP contribution in [0.25, 0.3) is 10.6 Å². The Morgan fingerprint density at radius 3 is 2.74 bits per heavy atom. The van der Waals surface area contributed by atoms with E-state index in [0.29, 0.717) is 0 Å². The minimum absolute atomic E-state index is 0.261. The number of aromatic nitrogens is 3. The van der Waals surface area contributed by atoms with E-state index in [4.69, 9.17) is 11.6 Å². The van der Waals surface area contributed by atoms with E-state index in [1.165, 1.54) is 10.4 Å². The molecule has 120 valence electrons. The molecule has 1 N–H and O–H groups in total. The molecule has 1 atom stereocenters. The van der Waals surface area contributed by atoms with Gasteiger partial charge >= 0.3 is 0 Å². The molecule has 2 aromatic heterocycles. The first-order valence-electron chi connectivity index (χ1n) is 7.62. The van der Waals surface area contributed by atoms with Gasteiger partial charge in [-0.05, 0) is 26.0 Å². The van der Waals surface area contributed by atoms with Gasteiger partial charge in [0.2, 0.25) is 0 Å². The number of hydrogen-bond acceptors (Lipinski definition) is 4. The van der Waals surface area contributed by atoms with E-state index in [9.17, 15) is 0 Å². The molecule has 2 heterocycles. The second-order valence-electron chi connectivity index (χ2n) is 5.37. The molecule has 0 saturated heterocycles. The van der Waals surface area contributed by atoms with Gasteiger partial charge in [0.25, 0.3) is 0 Å². The molecule has 23 heavy (non-hydrogen) atoms. The van der Waals surface area contributed by atoms with Crippen molar-refractivity contribution in [1.29, 1.82) is 0 Å². The Morgan fingerprint density at radius 2 is 2.04 bits per heavy atom. The fourth-order valence-electron chi connectivity index (χ4n) is 2.26. The Labute approximate surface area is 145 Å². The number of nitrogens with one attached hydrogen (secondary N) is 1. The highest BCUT2D eigenvalue weighted by Gasteiger charge is 2.09. The molecule has 3 rings (SSSR count). The summed E-state index contributed by atoms with van der Waals surface area (Å²) < 4.78 is 1.94. The third kappa shape index (κ3) is 3.99. The Kier molecular flexibility index (Phi) is 5.10. The van der Waals surface area contributed by atoms with Gasteiger partial charge in [0.05, 0.1) is 6.20 Å². The molecular weight excluding hydrogens is 328 g/mol. The van der Waals surface area contributed by atoms with Gasteiger partial charge in [0, 0.05) is 52.6 Å². The minimum atomic E-state index is 0.261. The average molecular weight is 347 g/mol. The minimum Gasteiger partial charge on any atom is -0.305 e. The molecule has 0 fully saturated rings. The maximum absolute atomic E-state index is 5.93. The topological polar surface area (TPSA) is 42.7 Å². The third-order valence-electron chi connectivity index (χ3n) is 3.70. The number of benzene rings is 1. The van der Waals surface area contributed by atoms with Crippen molar-refractivity contribution in [3.63, 3.8) is 0 Å². The lowest BCUT2D eigenvalue weighted by Crippen LogP contribution is -2.17. The zero-order valence-electron chi connectivity index (χ0n) is 13.2. The van der Waals surface area contributed by atoms with Gasteiger partial charge in [-0.1, -0.05) is 23.7 Å². The van der Waals surface area contributed by atoms with Crippen LogP contribution in [0.3, 0.4) is 0 Å². The smallest absolute Gasteiger partial charge is 0.123 e. The summed E-state index contributed by atoms with van der Waals surface area (Å²) in [7, 11) is 0. The fraction of sp³-hybridized carbons (Fsp3) is 0.294. The van der Waals surface area contributed by atoms with E-state index < -0.39 is 0 Å². The molecule has 3 aromatic rings. The van der Waals surface area contributed by atoms with Crippen molar-refractivity contribution in [1.82, 2.24) is 20.1 Å². The van der Waals surface area contributed by atoms with Gasteiger partial charge in [-0.2, -0.15) is 5.10 Å². The van der Waals surface area contributed by atoms with E-state index in [2.05, 4.69) is 35.4 Å². The number of rotatable bonds is 6. The van der Waals surface area contributed by atoms with Gasteiger partial charge in [-0.25, -0.2) is 4.98 Å². The van der Waals surface area contributed by atoms with Crippen LogP contribution in [-0.2, 0) is 13.1 Å². The van der Waals surface area contributed by atoms with Gasteiger partial charge in [-0.3, -0.25) is 4.68 Å². The van der Waals surface area contributed by atoms with Gasteiger partial charge in [-0.15, -0.1) is 11.3 Å². The van der Waals surface area contributed by atoms with Gasteiger partial charge in [0.15, 0.2) is 0 Å². The lowest BCUT2D eigenvalue weighted by molar-refractivity contribution is 0.576. The molecule has 0 radical (unpaired) electrons. The monoisotopic (exact) mass is 346 g/mol. The molecule has 0 saturated carbocycles. The van der Waals surface area contributed by atoms with E-state index in [1.54, 1.807) is 11.3 Å². The van der Waals surface area contributed by atoms with E-state index in [0.717, 1.165) is 28.7 Å². The largest absolute Gasteiger partial charge is 0.305 e.